The normalized spacial score (nSPS) is 9.77. The summed E-state index contributed by atoms with van der Waals surface area (Å²) >= 11 is 0. The van der Waals surface area contributed by atoms with Crippen LogP contribution in [-0.4, -0.2) is 13.0 Å². The van der Waals surface area contributed by atoms with E-state index in [1.54, 1.807) is 7.05 Å². The molecule has 0 bridgehead atoms. The Hall–Kier alpha value is -1.31. The molecule has 1 rings (SSSR count). The van der Waals surface area contributed by atoms with Crippen LogP contribution in [0.1, 0.15) is 16.7 Å². The van der Waals surface area contributed by atoms with Crippen LogP contribution < -0.4 is 5.32 Å². The second kappa shape index (κ2) is 4.08. The van der Waals surface area contributed by atoms with E-state index in [0.717, 1.165) is 5.56 Å². The molecule has 0 aliphatic rings. The Labute approximate surface area is 79.0 Å². The van der Waals surface area contributed by atoms with Gasteiger partial charge in [-0.2, -0.15) is 0 Å². The topological polar surface area (TPSA) is 29.1 Å². The van der Waals surface area contributed by atoms with E-state index >= 15 is 0 Å². The van der Waals surface area contributed by atoms with Crippen LogP contribution in [-0.2, 0) is 11.2 Å². The van der Waals surface area contributed by atoms with Crippen LogP contribution in [0.15, 0.2) is 18.2 Å². The summed E-state index contributed by atoms with van der Waals surface area (Å²) in [6, 6.07) is 6.14. The first kappa shape index (κ1) is 9.78. The van der Waals surface area contributed by atoms with Gasteiger partial charge >= 0.3 is 0 Å². The SMILES string of the molecule is CNC(=O)Cc1ccc(C)cc1C. The summed E-state index contributed by atoms with van der Waals surface area (Å²) in [6.07, 6.45) is 0.475. The van der Waals surface area contributed by atoms with Crippen molar-refractivity contribution in [2.24, 2.45) is 0 Å². The molecule has 0 saturated carbocycles. The lowest BCUT2D eigenvalue weighted by molar-refractivity contribution is -0.119. The van der Waals surface area contributed by atoms with Gasteiger partial charge in [-0.15, -0.1) is 0 Å². The predicted octanol–water partition coefficient (Wildman–Crippen LogP) is 1.59. The Morgan fingerprint density at radius 3 is 2.62 bits per heavy atom. The Bertz CT molecular complexity index is 318. The van der Waals surface area contributed by atoms with Crippen molar-refractivity contribution in [2.75, 3.05) is 7.05 Å². The third-order valence-corrected chi connectivity index (χ3v) is 2.13. The molecule has 0 aliphatic heterocycles. The number of carbonyl (C=O) groups is 1. The van der Waals surface area contributed by atoms with Crippen LogP contribution in [0.4, 0.5) is 0 Å². The molecule has 0 aliphatic carbocycles. The number of benzene rings is 1. The minimum Gasteiger partial charge on any atom is -0.359 e. The zero-order chi connectivity index (χ0) is 9.84. The maximum atomic E-state index is 11.1. The second-order valence-electron chi connectivity index (χ2n) is 3.28. The molecule has 0 atom stereocenters. The summed E-state index contributed by atoms with van der Waals surface area (Å²) < 4.78 is 0. The van der Waals surface area contributed by atoms with Crippen molar-refractivity contribution in [1.82, 2.24) is 5.32 Å². The quantitative estimate of drug-likeness (QED) is 0.730. The third-order valence-electron chi connectivity index (χ3n) is 2.13. The van der Waals surface area contributed by atoms with E-state index in [2.05, 4.69) is 18.3 Å². The molecule has 0 radical (unpaired) electrons. The monoisotopic (exact) mass is 177 g/mol. The van der Waals surface area contributed by atoms with Crippen molar-refractivity contribution in [3.63, 3.8) is 0 Å². The fraction of sp³-hybridized carbons (Fsp3) is 0.364. The molecule has 2 nitrogen and oxygen atoms in total. The van der Waals surface area contributed by atoms with Gasteiger partial charge in [-0.3, -0.25) is 4.79 Å². The molecule has 0 heterocycles. The van der Waals surface area contributed by atoms with E-state index in [-0.39, 0.29) is 5.91 Å². The minimum absolute atomic E-state index is 0.0620. The van der Waals surface area contributed by atoms with Gasteiger partial charge in [0.15, 0.2) is 0 Å². The Morgan fingerprint density at radius 1 is 1.38 bits per heavy atom. The van der Waals surface area contributed by atoms with E-state index in [1.165, 1.54) is 11.1 Å². The first-order valence-corrected chi connectivity index (χ1v) is 4.40. The highest BCUT2D eigenvalue weighted by atomic mass is 16.1. The van der Waals surface area contributed by atoms with Gasteiger partial charge in [0.2, 0.25) is 5.91 Å². The van der Waals surface area contributed by atoms with E-state index < -0.39 is 0 Å². The summed E-state index contributed by atoms with van der Waals surface area (Å²) in [5.41, 5.74) is 3.52. The Kier molecular flexibility index (Phi) is 3.07. The van der Waals surface area contributed by atoms with Gasteiger partial charge in [0.05, 0.1) is 6.42 Å². The van der Waals surface area contributed by atoms with E-state index in [9.17, 15) is 4.79 Å². The van der Waals surface area contributed by atoms with E-state index in [0.29, 0.717) is 6.42 Å². The molecule has 0 aromatic heterocycles. The first-order valence-electron chi connectivity index (χ1n) is 4.40. The van der Waals surface area contributed by atoms with Crippen LogP contribution in [0, 0.1) is 13.8 Å². The van der Waals surface area contributed by atoms with Gasteiger partial charge in [0.1, 0.15) is 0 Å². The molecular formula is C11H15NO. The van der Waals surface area contributed by atoms with Gasteiger partial charge in [0.25, 0.3) is 0 Å². The maximum absolute atomic E-state index is 11.1. The number of likely N-dealkylation sites (N-methyl/N-ethyl adjacent to an activating group) is 1. The Morgan fingerprint density at radius 2 is 2.08 bits per heavy atom. The molecule has 0 spiro atoms. The lowest BCUT2D eigenvalue weighted by Crippen LogP contribution is -2.20. The molecule has 0 saturated heterocycles. The molecule has 70 valence electrons. The molecule has 1 amide bonds. The van der Waals surface area contributed by atoms with Crippen molar-refractivity contribution >= 4 is 5.91 Å². The number of amides is 1. The van der Waals surface area contributed by atoms with Crippen molar-refractivity contribution in [3.05, 3.63) is 34.9 Å². The van der Waals surface area contributed by atoms with Crippen LogP contribution in [0.25, 0.3) is 0 Å². The fourth-order valence-electron chi connectivity index (χ4n) is 1.31. The summed E-state index contributed by atoms with van der Waals surface area (Å²) in [5.74, 6) is 0.0620. The number of hydrogen-bond acceptors (Lipinski definition) is 1. The van der Waals surface area contributed by atoms with Crippen molar-refractivity contribution in [1.29, 1.82) is 0 Å². The van der Waals surface area contributed by atoms with Crippen LogP contribution in [0.2, 0.25) is 0 Å². The van der Waals surface area contributed by atoms with Gasteiger partial charge in [-0.1, -0.05) is 23.8 Å². The third kappa shape index (κ3) is 2.58. The van der Waals surface area contributed by atoms with E-state index in [1.807, 2.05) is 19.1 Å². The van der Waals surface area contributed by atoms with Crippen LogP contribution in [0.5, 0.6) is 0 Å². The molecule has 1 aromatic rings. The lowest BCUT2D eigenvalue weighted by atomic mass is 10.0. The molecule has 0 fully saturated rings. The van der Waals surface area contributed by atoms with Crippen molar-refractivity contribution in [3.8, 4) is 0 Å². The highest BCUT2D eigenvalue weighted by Gasteiger charge is 2.03. The van der Waals surface area contributed by atoms with Crippen molar-refractivity contribution in [2.45, 2.75) is 20.3 Å². The predicted molar refractivity (Wildman–Crippen MR) is 53.7 cm³/mol. The minimum atomic E-state index is 0.0620. The number of aryl methyl sites for hydroxylation is 2. The highest BCUT2D eigenvalue weighted by molar-refractivity contribution is 5.78. The summed E-state index contributed by atoms with van der Waals surface area (Å²) in [5, 5.41) is 2.62. The zero-order valence-electron chi connectivity index (χ0n) is 8.35. The standard InChI is InChI=1S/C11H15NO/c1-8-4-5-10(9(2)6-8)7-11(13)12-3/h4-6H,7H2,1-3H3,(H,12,13). The number of nitrogens with one attached hydrogen (secondary N) is 1. The average Bonchev–Trinajstić information content (AvgIpc) is 2.09. The fourth-order valence-corrected chi connectivity index (χ4v) is 1.31. The first-order chi connectivity index (χ1) is 6.13. The molecular weight excluding hydrogens is 162 g/mol. The average molecular weight is 177 g/mol. The lowest BCUT2D eigenvalue weighted by Gasteiger charge is -2.05. The summed E-state index contributed by atoms with van der Waals surface area (Å²) in [4.78, 5) is 11.1. The maximum Gasteiger partial charge on any atom is 0.224 e. The molecule has 13 heavy (non-hydrogen) atoms. The molecule has 1 N–H and O–H groups in total. The van der Waals surface area contributed by atoms with Gasteiger partial charge in [0, 0.05) is 7.05 Å². The van der Waals surface area contributed by atoms with Crippen LogP contribution in [0.3, 0.4) is 0 Å². The van der Waals surface area contributed by atoms with Gasteiger partial charge in [-0.05, 0) is 25.0 Å². The van der Waals surface area contributed by atoms with Gasteiger partial charge < -0.3 is 5.32 Å². The number of rotatable bonds is 2. The smallest absolute Gasteiger partial charge is 0.224 e. The largest absolute Gasteiger partial charge is 0.359 e. The molecule has 0 unspecified atom stereocenters. The summed E-state index contributed by atoms with van der Waals surface area (Å²) in [6.45, 7) is 4.09. The summed E-state index contributed by atoms with van der Waals surface area (Å²) in [7, 11) is 1.66. The van der Waals surface area contributed by atoms with E-state index in [4.69, 9.17) is 0 Å². The second-order valence-corrected chi connectivity index (χ2v) is 3.28. The number of hydrogen-bond donors (Lipinski definition) is 1. The van der Waals surface area contributed by atoms with Crippen molar-refractivity contribution < 1.29 is 4.79 Å². The highest BCUT2D eigenvalue weighted by Crippen LogP contribution is 2.10. The molecule has 2 heteroatoms. The van der Waals surface area contributed by atoms with Crippen LogP contribution >= 0.6 is 0 Å². The zero-order valence-corrected chi connectivity index (χ0v) is 8.35. The van der Waals surface area contributed by atoms with Gasteiger partial charge in [-0.25, -0.2) is 0 Å². The Balaban J connectivity index is 2.83. The number of carbonyl (C=O) groups excluding carboxylic acids is 1. The molecule has 1 aromatic carbocycles.